The number of hydrogen-bond acceptors (Lipinski definition) is 5. The Morgan fingerprint density at radius 3 is 2.30 bits per heavy atom. The average Bonchev–Trinajstić information content (AvgIpc) is 2.37. The van der Waals surface area contributed by atoms with Crippen LogP contribution in [0.4, 0.5) is 11.8 Å². The second-order valence-electron chi connectivity index (χ2n) is 5.58. The molecule has 0 saturated carbocycles. The molecule has 0 bridgehead atoms. The van der Waals surface area contributed by atoms with Gasteiger partial charge in [0.2, 0.25) is 5.95 Å². The number of anilines is 2. The fourth-order valence-electron chi connectivity index (χ4n) is 1.77. The van der Waals surface area contributed by atoms with E-state index < -0.39 is 0 Å². The van der Waals surface area contributed by atoms with Crippen LogP contribution in [0.1, 0.15) is 26.3 Å². The predicted molar refractivity (Wildman–Crippen MR) is 85.3 cm³/mol. The molecule has 2 rings (SSSR count). The summed E-state index contributed by atoms with van der Waals surface area (Å²) in [5.41, 5.74) is 7.18. The van der Waals surface area contributed by atoms with Crippen LogP contribution >= 0.6 is 11.8 Å². The fourth-order valence-corrected chi connectivity index (χ4v) is 2.59. The first kappa shape index (κ1) is 14.7. The molecule has 1 heterocycles. The van der Waals surface area contributed by atoms with Crippen LogP contribution < -0.4 is 11.1 Å². The molecular formula is C15H20N4S. The van der Waals surface area contributed by atoms with E-state index in [2.05, 4.69) is 60.3 Å². The van der Waals surface area contributed by atoms with Crippen LogP contribution in [0.3, 0.4) is 0 Å². The highest BCUT2D eigenvalue weighted by Gasteiger charge is 2.13. The monoisotopic (exact) mass is 288 g/mol. The zero-order chi connectivity index (χ0) is 14.8. The van der Waals surface area contributed by atoms with Crippen LogP contribution in [0.15, 0.2) is 40.3 Å². The Morgan fingerprint density at radius 2 is 1.75 bits per heavy atom. The molecule has 0 aliphatic rings. The van der Waals surface area contributed by atoms with Gasteiger partial charge in [-0.05, 0) is 23.1 Å². The van der Waals surface area contributed by atoms with Gasteiger partial charge in [0.25, 0.3) is 0 Å². The van der Waals surface area contributed by atoms with Crippen molar-refractivity contribution < 1.29 is 0 Å². The maximum Gasteiger partial charge on any atom is 0.223 e. The SMILES string of the molecule is CNc1cc(Sc2ccc(C(C)(C)C)cc2)nc(N)n1. The Bertz CT molecular complexity index is 588. The maximum atomic E-state index is 5.69. The summed E-state index contributed by atoms with van der Waals surface area (Å²) < 4.78 is 0. The van der Waals surface area contributed by atoms with E-state index >= 15 is 0 Å². The Morgan fingerprint density at radius 1 is 1.10 bits per heavy atom. The third kappa shape index (κ3) is 3.63. The van der Waals surface area contributed by atoms with Gasteiger partial charge in [-0.25, -0.2) is 4.98 Å². The van der Waals surface area contributed by atoms with Crippen LogP contribution in [0, 0.1) is 0 Å². The van der Waals surface area contributed by atoms with Crippen molar-refractivity contribution >= 4 is 23.5 Å². The van der Waals surface area contributed by atoms with E-state index in [1.807, 2.05) is 13.1 Å². The Balaban J connectivity index is 2.20. The lowest BCUT2D eigenvalue weighted by atomic mass is 9.87. The van der Waals surface area contributed by atoms with E-state index in [1.165, 1.54) is 5.56 Å². The fraction of sp³-hybridized carbons (Fsp3) is 0.333. The van der Waals surface area contributed by atoms with Crippen LogP contribution in [0.2, 0.25) is 0 Å². The molecule has 106 valence electrons. The molecule has 0 atom stereocenters. The van der Waals surface area contributed by atoms with Gasteiger partial charge in [-0.2, -0.15) is 4.98 Å². The van der Waals surface area contributed by atoms with Crippen molar-refractivity contribution in [3.63, 3.8) is 0 Å². The second-order valence-corrected chi connectivity index (χ2v) is 6.67. The second kappa shape index (κ2) is 5.71. The minimum absolute atomic E-state index is 0.168. The summed E-state index contributed by atoms with van der Waals surface area (Å²) in [6, 6.07) is 10.4. The molecule has 0 amide bonds. The van der Waals surface area contributed by atoms with E-state index in [1.54, 1.807) is 11.8 Å². The highest BCUT2D eigenvalue weighted by atomic mass is 32.2. The molecule has 2 aromatic rings. The Hall–Kier alpha value is -1.75. The molecule has 5 heteroatoms. The maximum absolute atomic E-state index is 5.69. The minimum Gasteiger partial charge on any atom is -0.373 e. The molecule has 0 aliphatic carbocycles. The molecule has 0 saturated heterocycles. The van der Waals surface area contributed by atoms with Crippen LogP contribution in [-0.2, 0) is 5.41 Å². The summed E-state index contributed by atoms with van der Waals surface area (Å²) in [7, 11) is 1.81. The van der Waals surface area contributed by atoms with Crippen molar-refractivity contribution in [3.8, 4) is 0 Å². The Labute approximate surface area is 124 Å². The van der Waals surface area contributed by atoms with Gasteiger partial charge in [-0.15, -0.1) is 0 Å². The molecule has 0 unspecified atom stereocenters. The van der Waals surface area contributed by atoms with E-state index in [0.29, 0.717) is 0 Å². The molecule has 20 heavy (non-hydrogen) atoms. The number of benzene rings is 1. The van der Waals surface area contributed by atoms with E-state index in [9.17, 15) is 0 Å². The summed E-state index contributed by atoms with van der Waals surface area (Å²) in [6.07, 6.45) is 0. The summed E-state index contributed by atoms with van der Waals surface area (Å²) in [4.78, 5) is 9.46. The number of aromatic nitrogens is 2. The first-order valence-electron chi connectivity index (χ1n) is 6.49. The van der Waals surface area contributed by atoms with Gasteiger partial charge < -0.3 is 11.1 Å². The zero-order valence-electron chi connectivity index (χ0n) is 12.3. The molecule has 0 spiro atoms. The third-order valence-corrected chi connectivity index (χ3v) is 3.84. The lowest BCUT2D eigenvalue weighted by Crippen LogP contribution is -2.10. The van der Waals surface area contributed by atoms with Crippen molar-refractivity contribution in [1.82, 2.24) is 9.97 Å². The molecule has 0 aliphatic heterocycles. The van der Waals surface area contributed by atoms with Gasteiger partial charge in [0.15, 0.2) is 0 Å². The molecular weight excluding hydrogens is 268 g/mol. The van der Waals surface area contributed by atoms with Crippen molar-refractivity contribution in [2.45, 2.75) is 36.1 Å². The van der Waals surface area contributed by atoms with Crippen molar-refractivity contribution in [2.75, 3.05) is 18.1 Å². The molecule has 1 aromatic heterocycles. The van der Waals surface area contributed by atoms with Gasteiger partial charge in [0.05, 0.1) is 0 Å². The summed E-state index contributed by atoms with van der Waals surface area (Å²) in [6.45, 7) is 6.62. The lowest BCUT2D eigenvalue weighted by Gasteiger charge is -2.19. The normalized spacial score (nSPS) is 11.4. The van der Waals surface area contributed by atoms with Gasteiger partial charge in [-0.1, -0.05) is 44.7 Å². The standard InChI is InChI=1S/C15H20N4S/c1-15(2,3)10-5-7-11(8-6-10)20-13-9-12(17-4)18-14(16)19-13/h5-9H,1-4H3,(H3,16,17,18,19). The van der Waals surface area contributed by atoms with Crippen molar-refractivity contribution in [2.24, 2.45) is 0 Å². The van der Waals surface area contributed by atoms with Gasteiger partial charge in [0, 0.05) is 18.0 Å². The Kier molecular flexibility index (Phi) is 4.18. The smallest absolute Gasteiger partial charge is 0.223 e. The number of nitrogens with two attached hydrogens (primary N) is 1. The first-order valence-corrected chi connectivity index (χ1v) is 7.31. The number of nitrogens with one attached hydrogen (secondary N) is 1. The third-order valence-electron chi connectivity index (χ3n) is 2.92. The quantitative estimate of drug-likeness (QED) is 0.846. The number of hydrogen-bond donors (Lipinski definition) is 2. The topological polar surface area (TPSA) is 63.8 Å². The highest BCUT2D eigenvalue weighted by molar-refractivity contribution is 7.99. The molecule has 4 nitrogen and oxygen atoms in total. The number of nitrogen functional groups attached to an aromatic ring is 1. The molecule has 0 fully saturated rings. The van der Waals surface area contributed by atoms with Crippen LogP contribution in [0.5, 0.6) is 0 Å². The summed E-state index contributed by atoms with van der Waals surface area (Å²) >= 11 is 1.58. The van der Waals surface area contributed by atoms with Gasteiger partial charge >= 0.3 is 0 Å². The van der Waals surface area contributed by atoms with E-state index in [-0.39, 0.29) is 11.4 Å². The van der Waals surface area contributed by atoms with Crippen LogP contribution in [-0.4, -0.2) is 17.0 Å². The summed E-state index contributed by atoms with van der Waals surface area (Å²) in [5, 5.41) is 3.82. The van der Waals surface area contributed by atoms with Gasteiger partial charge in [-0.3, -0.25) is 0 Å². The number of nitrogens with zero attached hydrogens (tertiary/aromatic N) is 2. The first-order chi connectivity index (χ1) is 9.38. The number of rotatable bonds is 3. The van der Waals surface area contributed by atoms with E-state index in [4.69, 9.17) is 5.73 Å². The van der Waals surface area contributed by atoms with Crippen molar-refractivity contribution in [3.05, 3.63) is 35.9 Å². The van der Waals surface area contributed by atoms with E-state index in [0.717, 1.165) is 15.7 Å². The van der Waals surface area contributed by atoms with Crippen molar-refractivity contribution in [1.29, 1.82) is 0 Å². The van der Waals surface area contributed by atoms with Gasteiger partial charge in [0.1, 0.15) is 10.8 Å². The zero-order valence-corrected chi connectivity index (χ0v) is 13.1. The molecule has 1 aromatic carbocycles. The molecule has 3 N–H and O–H groups in total. The minimum atomic E-state index is 0.168. The molecule has 0 radical (unpaired) electrons. The average molecular weight is 288 g/mol. The lowest BCUT2D eigenvalue weighted by molar-refractivity contribution is 0.590. The predicted octanol–water partition coefficient (Wildman–Crippen LogP) is 3.55. The van der Waals surface area contributed by atoms with Crippen LogP contribution in [0.25, 0.3) is 0 Å². The highest BCUT2D eigenvalue weighted by Crippen LogP contribution is 2.30. The largest absolute Gasteiger partial charge is 0.373 e. The summed E-state index contributed by atoms with van der Waals surface area (Å²) in [5.74, 6) is 1.01.